The Hall–Kier alpha value is -2.13. The van der Waals surface area contributed by atoms with Gasteiger partial charge in [-0.1, -0.05) is 36.4 Å². The molecule has 2 aromatic carbocycles. The van der Waals surface area contributed by atoms with Crippen LogP contribution in [0.1, 0.15) is 40.0 Å². The number of nitrogens with zero attached hydrogens (tertiary/aromatic N) is 1. The van der Waals surface area contributed by atoms with Crippen LogP contribution in [0.15, 0.2) is 48.5 Å². The summed E-state index contributed by atoms with van der Waals surface area (Å²) >= 11 is 0. The van der Waals surface area contributed by atoms with E-state index >= 15 is 0 Å². The van der Waals surface area contributed by atoms with Gasteiger partial charge in [-0.25, -0.2) is 4.79 Å². The third kappa shape index (κ3) is 2.32. The molecule has 0 spiro atoms. The first-order chi connectivity index (χ1) is 9.65. The van der Waals surface area contributed by atoms with E-state index in [0.29, 0.717) is 11.6 Å². The van der Waals surface area contributed by atoms with Gasteiger partial charge in [0.15, 0.2) is 0 Å². The molecule has 0 bridgehead atoms. The fourth-order valence-corrected chi connectivity index (χ4v) is 2.85. The van der Waals surface area contributed by atoms with Crippen LogP contribution in [0, 0.1) is 0 Å². The second kappa shape index (κ2) is 5.10. The summed E-state index contributed by atoms with van der Waals surface area (Å²) in [5.74, 6) is -0.859. The van der Waals surface area contributed by atoms with E-state index in [1.165, 1.54) is 11.1 Å². The van der Waals surface area contributed by atoms with Crippen molar-refractivity contribution in [1.29, 1.82) is 0 Å². The van der Waals surface area contributed by atoms with E-state index < -0.39 is 5.97 Å². The van der Waals surface area contributed by atoms with E-state index in [0.717, 1.165) is 18.7 Å². The first-order valence-electron chi connectivity index (χ1n) is 6.79. The summed E-state index contributed by atoms with van der Waals surface area (Å²) in [7, 11) is 0. The van der Waals surface area contributed by atoms with Crippen LogP contribution in [-0.2, 0) is 13.1 Å². The molecule has 3 heteroatoms. The first kappa shape index (κ1) is 12.9. The minimum absolute atomic E-state index is 0.327. The fraction of sp³-hybridized carbons (Fsp3) is 0.235. The Morgan fingerprint density at radius 1 is 1.25 bits per heavy atom. The lowest BCUT2D eigenvalue weighted by Crippen LogP contribution is -2.19. The van der Waals surface area contributed by atoms with E-state index in [1.807, 2.05) is 24.3 Å². The van der Waals surface area contributed by atoms with Crippen LogP contribution in [0.4, 0.5) is 0 Å². The average Bonchev–Trinajstić information content (AvgIpc) is 2.76. The smallest absolute Gasteiger partial charge is 0.335 e. The Labute approximate surface area is 118 Å². The Kier molecular flexibility index (Phi) is 3.28. The lowest BCUT2D eigenvalue weighted by Gasteiger charge is -2.21. The number of rotatable bonds is 3. The van der Waals surface area contributed by atoms with Gasteiger partial charge in [-0.05, 0) is 35.7 Å². The summed E-state index contributed by atoms with van der Waals surface area (Å²) in [5, 5.41) is 9.07. The van der Waals surface area contributed by atoms with Gasteiger partial charge in [0.05, 0.1) is 5.56 Å². The summed E-state index contributed by atoms with van der Waals surface area (Å²) in [6.45, 7) is 3.88. The molecule has 1 unspecified atom stereocenters. The molecule has 0 fully saturated rings. The van der Waals surface area contributed by atoms with Crippen molar-refractivity contribution in [2.45, 2.75) is 26.1 Å². The number of carboxylic acid groups (broad SMARTS) is 1. The van der Waals surface area contributed by atoms with Crippen molar-refractivity contribution in [2.75, 3.05) is 0 Å². The molecular weight excluding hydrogens is 250 g/mol. The molecule has 0 amide bonds. The zero-order valence-electron chi connectivity index (χ0n) is 11.4. The van der Waals surface area contributed by atoms with Crippen LogP contribution < -0.4 is 0 Å². The average molecular weight is 267 g/mol. The SMILES string of the molecule is CC1c2ccc(C(=O)O)cc2CN1Cc1ccccc1. The molecule has 2 aromatic rings. The quantitative estimate of drug-likeness (QED) is 0.925. The van der Waals surface area contributed by atoms with Gasteiger partial charge in [-0.3, -0.25) is 4.90 Å². The van der Waals surface area contributed by atoms with Crippen molar-refractivity contribution in [3.63, 3.8) is 0 Å². The number of carboxylic acids is 1. The van der Waals surface area contributed by atoms with Gasteiger partial charge in [-0.15, -0.1) is 0 Å². The largest absolute Gasteiger partial charge is 0.478 e. The second-order valence-electron chi connectivity index (χ2n) is 5.29. The molecule has 1 heterocycles. The lowest BCUT2D eigenvalue weighted by atomic mass is 10.0. The molecular formula is C17H17NO2. The van der Waals surface area contributed by atoms with Gasteiger partial charge in [0.2, 0.25) is 0 Å². The number of carbonyl (C=O) groups is 1. The molecule has 0 saturated carbocycles. The molecule has 1 aliphatic heterocycles. The third-order valence-electron chi connectivity index (χ3n) is 3.99. The molecule has 3 rings (SSSR count). The summed E-state index contributed by atoms with van der Waals surface area (Å²) in [6.07, 6.45) is 0. The maximum Gasteiger partial charge on any atom is 0.335 e. The Balaban J connectivity index is 1.83. The lowest BCUT2D eigenvalue weighted by molar-refractivity contribution is 0.0696. The number of hydrogen-bond donors (Lipinski definition) is 1. The van der Waals surface area contributed by atoms with E-state index in [-0.39, 0.29) is 0 Å². The predicted octanol–water partition coefficient (Wildman–Crippen LogP) is 3.46. The highest BCUT2D eigenvalue weighted by atomic mass is 16.4. The van der Waals surface area contributed by atoms with Crippen LogP contribution in [0.25, 0.3) is 0 Å². The van der Waals surface area contributed by atoms with Gasteiger partial charge in [0.1, 0.15) is 0 Å². The number of benzene rings is 2. The van der Waals surface area contributed by atoms with E-state index in [2.05, 4.69) is 24.0 Å². The molecule has 1 aliphatic rings. The number of hydrogen-bond acceptors (Lipinski definition) is 2. The standard InChI is InChI=1S/C17H17NO2/c1-12-16-8-7-14(17(19)20)9-15(16)11-18(12)10-13-5-3-2-4-6-13/h2-9,12H,10-11H2,1H3,(H,19,20). The van der Waals surface area contributed by atoms with Gasteiger partial charge < -0.3 is 5.11 Å². The van der Waals surface area contributed by atoms with Crippen LogP contribution in [-0.4, -0.2) is 16.0 Å². The first-order valence-corrected chi connectivity index (χ1v) is 6.79. The van der Waals surface area contributed by atoms with E-state index in [9.17, 15) is 4.79 Å². The zero-order chi connectivity index (χ0) is 14.1. The van der Waals surface area contributed by atoms with Crippen LogP contribution in [0.5, 0.6) is 0 Å². The summed E-state index contributed by atoms with van der Waals surface area (Å²) in [6, 6.07) is 16.1. The van der Waals surface area contributed by atoms with Crippen molar-refractivity contribution in [1.82, 2.24) is 4.90 Å². The highest BCUT2D eigenvalue weighted by molar-refractivity contribution is 5.88. The van der Waals surface area contributed by atoms with E-state index in [4.69, 9.17) is 5.11 Å². The molecule has 1 atom stereocenters. The Bertz CT molecular complexity index is 637. The van der Waals surface area contributed by atoms with Crippen LogP contribution in [0.2, 0.25) is 0 Å². The summed E-state index contributed by atoms with van der Waals surface area (Å²) in [5.41, 5.74) is 4.03. The van der Waals surface area contributed by atoms with Crippen molar-refractivity contribution in [3.05, 3.63) is 70.8 Å². The predicted molar refractivity (Wildman–Crippen MR) is 77.5 cm³/mol. The van der Waals surface area contributed by atoms with Gasteiger partial charge in [0, 0.05) is 19.1 Å². The Morgan fingerprint density at radius 2 is 2.00 bits per heavy atom. The second-order valence-corrected chi connectivity index (χ2v) is 5.29. The molecule has 0 saturated heterocycles. The zero-order valence-corrected chi connectivity index (χ0v) is 11.4. The molecule has 1 N–H and O–H groups in total. The molecule has 3 nitrogen and oxygen atoms in total. The third-order valence-corrected chi connectivity index (χ3v) is 3.99. The maximum absolute atomic E-state index is 11.0. The number of aromatic carboxylic acids is 1. The van der Waals surface area contributed by atoms with Crippen molar-refractivity contribution in [2.24, 2.45) is 0 Å². The van der Waals surface area contributed by atoms with Crippen molar-refractivity contribution in [3.8, 4) is 0 Å². The normalized spacial score (nSPS) is 17.9. The van der Waals surface area contributed by atoms with Crippen LogP contribution in [0.3, 0.4) is 0 Å². The highest BCUT2D eigenvalue weighted by Crippen LogP contribution is 2.34. The molecule has 0 aliphatic carbocycles. The van der Waals surface area contributed by atoms with Gasteiger partial charge >= 0.3 is 5.97 Å². The Morgan fingerprint density at radius 3 is 2.70 bits per heavy atom. The molecule has 0 aromatic heterocycles. The van der Waals surface area contributed by atoms with Crippen LogP contribution >= 0.6 is 0 Å². The maximum atomic E-state index is 11.0. The topological polar surface area (TPSA) is 40.5 Å². The fourth-order valence-electron chi connectivity index (χ4n) is 2.85. The van der Waals surface area contributed by atoms with Crippen molar-refractivity contribution >= 4 is 5.97 Å². The van der Waals surface area contributed by atoms with Crippen molar-refractivity contribution < 1.29 is 9.90 Å². The molecule has 102 valence electrons. The van der Waals surface area contributed by atoms with E-state index in [1.54, 1.807) is 12.1 Å². The molecule has 20 heavy (non-hydrogen) atoms. The number of fused-ring (bicyclic) bond motifs is 1. The molecule has 0 radical (unpaired) electrons. The monoisotopic (exact) mass is 267 g/mol. The minimum atomic E-state index is -0.859. The highest BCUT2D eigenvalue weighted by Gasteiger charge is 2.27. The minimum Gasteiger partial charge on any atom is -0.478 e. The summed E-state index contributed by atoms with van der Waals surface area (Å²) in [4.78, 5) is 13.4. The summed E-state index contributed by atoms with van der Waals surface area (Å²) < 4.78 is 0. The van der Waals surface area contributed by atoms with Gasteiger partial charge in [0.25, 0.3) is 0 Å². The van der Waals surface area contributed by atoms with Gasteiger partial charge in [-0.2, -0.15) is 0 Å².